The van der Waals surface area contributed by atoms with Gasteiger partial charge in [-0.05, 0) is 35.9 Å². The number of anilines is 1. The Morgan fingerprint density at radius 2 is 1.96 bits per heavy atom. The summed E-state index contributed by atoms with van der Waals surface area (Å²) in [6.07, 6.45) is 0. The Hall–Kier alpha value is -2.90. The topological polar surface area (TPSA) is 87.3 Å². The monoisotopic (exact) mass is 421 g/mol. The van der Waals surface area contributed by atoms with E-state index in [1.165, 1.54) is 19.2 Å². The van der Waals surface area contributed by atoms with Crippen molar-refractivity contribution in [3.63, 3.8) is 0 Å². The second-order valence-corrected chi connectivity index (χ2v) is 6.46. The lowest BCUT2D eigenvalue weighted by molar-refractivity contribution is 0.0465. The van der Waals surface area contributed by atoms with Crippen molar-refractivity contribution in [2.24, 2.45) is 0 Å². The molecule has 1 heterocycles. The van der Waals surface area contributed by atoms with Gasteiger partial charge in [0, 0.05) is 5.02 Å². The summed E-state index contributed by atoms with van der Waals surface area (Å²) in [5.74, 6) is -1.14. The fraction of sp³-hybridized carbons (Fsp3) is 0.105. The minimum Gasteiger partial charge on any atom is -0.497 e. The highest BCUT2D eigenvalue weighted by Gasteiger charge is 2.21. The van der Waals surface area contributed by atoms with Crippen LogP contribution in [0.3, 0.4) is 0 Å². The maximum absolute atomic E-state index is 14.2. The molecule has 0 radical (unpaired) electrons. The molecule has 0 spiro atoms. The number of carbonyl (C=O) groups is 1. The molecule has 0 saturated heterocycles. The van der Waals surface area contributed by atoms with Crippen LogP contribution < -0.4 is 10.5 Å². The van der Waals surface area contributed by atoms with E-state index in [0.29, 0.717) is 11.3 Å². The molecule has 3 rings (SSSR count). The van der Waals surface area contributed by atoms with Crippen molar-refractivity contribution < 1.29 is 18.7 Å². The molecule has 0 atom stereocenters. The lowest BCUT2D eigenvalue weighted by atomic mass is 10.2. The minimum absolute atomic E-state index is 0.0228. The van der Waals surface area contributed by atoms with Gasteiger partial charge in [0.1, 0.15) is 29.0 Å². The number of hydrogen-bond donors (Lipinski definition) is 1. The summed E-state index contributed by atoms with van der Waals surface area (Å²) < 4.78 is 24.5. The molecule has 0 bridgehead atoms. The van der Waals surface area contributed by atoms with Crippen molar-refractivity contribution >= 4 is 35.0 Å². The van der Waals surface area contributed by atoms with E-state index in [9.17, 15) is 9.18 Å². The molecule has 0 unspecified atom stereocenters. The maximum atomic E-state index is 14.2. The molecule has 144 valence electrons. The summed E-state index contributed by atoms with van der Waals surface area (Å²) in [5.41, 5.74) is 6.23. The van der Waals surface area contributed by atoms with Crippen LogP contribution in [-0.4, -0.2) is 23.0 Å². The van der Waals surface area contributed by atoms with Crippen LogP contribution in [0.25, 0.3) is 11.4 Å². The molecule has 0 amide bonds. The largest absolute Gasteiger partial charge is 0.497 e. The van der Waals surface area contributed by atoms with Crippen LogP contribution in [0.5, 0.6) is 5.75 Å². The van der Waals surface area contributed by atoms with Crippen LogP contribution in [-0.2, 0) is 11.3 Å². The van der Waals surface area contributed by atoms with E-state index < -0.39 is 11.8 Å². The molecule has 2 aromatic carbocycles. The summed E-state index contributed by atoms with van der Waals surface area (Å²) in [6, 6.07) is 11.0. The van der Waals surface area contributed by atoms with Gasteiger partial charge >= 0.3 is 5.97 Å². The number of hydrogen-bond acceptors (Lipinski definition) is 6. The fourth-order valence-corrected chi connectivity index (χ4v) is 2.69. The maximum Gasteiger partial charge on any atom is 0.359 e. The molecule has 9 heteroatoms. The molecule has 2 N–H and O–H groups in total. The average molecular weight is 422 g/mol. The van der Waals surface area contributed by atoms with Gasteiger partial charge in [0.25, 0.3) is 0 Å². The van der Waals surface area contributed by atoms with Crippen LogP contribution in [0.1, 0.15) is 16.1 Å². The van der Waals surface area contributed by atoms with Crippen LogP contribution in [0.2, 0.25) is 10.0 Å². The standard InChI is InChI=1S/C19H14Cl2FN3O3/c1-27-12-4-2-3-10(7-12)9-28-19(26)16-15(21)17(23)25-18(24-16)13-6-5-11(20)8-14(13)22/h2-8H,9H2,1H3,(H2,23,24,25). The molecule has 0 aliphatic carbocycles. The van der Waals surface area contributed by atoms with Gasteiger partial charge in [0.2, 0.25) is 0 Å². The van der Waals surface area contributed by atoms with E-state index in [2.05, 4.69) is 9.97 Å². The second kappa shape index (κ2) is 8.41. The number of ether oxygens (including phenoxy) is 2. The highest BCUT2D eigenvalue weighted by atomic mass is 35.5. The third-order valence-electron chi connectivity index (χ3n) is 3.75. The van der Waals surface area contributed by atoms with Crippen molar-refractivity contribution in [3.8, 4) is 17.1 Å². The Bertz CT molecular complexity index is 1050. The molecular formula is C19H14Cl2FN3O3. The Morgan fingerprint density at radius 1 is 1.18 bits per heavy atom. The van der Waals surface area contributed by atoms with Crippen molar-refractivity contribution in [2.45, 2.75) is 6.61 Å². The molecule has 28 heavy (non-hydrogen) atoms. The van der Waals surface area contributed by atoms with Crippen molar-refractivity contribution in [1.82, 2.24) is 9.97 Å². The lowest BCUT2D eigenvalue weighted by Gasteiger charge is -2.10. The van der Waals surface area contributed by atoms with Crippen molar-refractivity contribution in [2.75, 3.05) is 12.8 Å². The predicted octanol–water partition coefficient (Wildman–Crippen LogP) is 4.54. The van der Waals surface area contributed by atoms with Gasteiger partial charge in [-0.3, -0.25) is 0 Å². The zero-order valence-corrected chi connectivity index (χ0v) is 16.1. The first-order valence-electron chi connectivity index (χ1n) is 7.97. The number of nitrogens with zero attached hydrogens (tertiary/aromatic N) is 2. The predicted molar refractivity (Wildman–Crippen MR) is 104 cm³/mol. The number of nitrogen functional groups attached to an aromatic ring is 1. The summed E-state index contributed by atoms with van der Waals surface area (Å²) in [7, 11) is 1.53. The molecule has 0 fully saturated rings. The van der Waals surface area contributed by atoms with Gasteiger partial charge in [-0.2, -0.15) is 0 Å². The highest BCUT2D eigenvalue weighted by Crippen LogP contribution is 2.28. The van der Waals surface area contributed by atoms with E-state index in [0.717, 1.165) is 6.07 Å². The third-order valence-corrected chi connectivity index (χ3v) is 4.35. The van der Waals surface area contributed by atoms with Crippen LogP contribution in [0, 0.1) is 5.82 Å². The number of benzene rings is 2. The summed E-state index contributed by atoms with van der Waals surface area (Å²) in [5, 5.41) is 0.0369. The van der Waals surface area contributed by atoms with Gasteiger partial charge in [0.15, 0.2) is 11.5 Å². The summed E-state index contributed by atoms with van der Waals surface area (Å²) in [4.78, 5) is 20.4. The average Bonchev–Trinajstić information content (AvgIpc) is 2.68. The van der Waals surface area contributed by atoms with Gasteiger partial charge < -0.3 is 15.2 Å². The van der Waals surface area contributed by atoms with Crippen molar-refractivity contribution in [1.29, 1.82) is 0 Å². The highest BCUT2D eigenvalue weighted by molar-refractivity contribution is 6.35. The first-order valence-corrected chi connectivity index (χ1v) is 8.73. The Balaban J connectivity index is 1.88. The number of esters is 1. The number of rotatable bonds is 5. The molecule has 1 aromatic heterocycles. The zero-order valence-electron chi connectivity index (χ0n) is 14.6. The SMILES string of the molecule is COc1cccc(COC(=O)c2nc(-c3ccc(Cl)cc3F)nc(N)c2Cl)c1. The number of aromatic nitrogens is 2. The van der Waals surface area contributed by atoms with Gasteiger partial charge in [0.05, 0.1) is 12.7 Å². The molecule has 3 aromatic rings. The molecule has 0 saturated carbocycles. The zero-order chi connectivity index (χ0) is 20.3. The van der Waals surface area contributed by atoms with Crippen LogP contribution >= 0.6 is 23.2 Å². The second-order valence-electron chi connectivity index (χ2n) is 5.65. The van der Waals surface area contributed by atoms with Gasteiger partial charge in [-0.15, -0.1) is 0 Å². The quantitative estimate of drug-likeness (QED) is 0.608. The number of halogens is 3. The lowest BCUT2D eigenvalue weighted by Crippen LogP contribution is -2.12. The molecule has 0 aliphatic heterocycles. The van der Waals surface area contributed by atoms with E-state index in [1.807, 2.05) is 0 Å². The van der Waals surface area contributed by atoms with Crippen molar-refractivity contribution in [3.05, 3.63) is 69.6 Å². The number of carbonyl (C=O) groups excluding carboxylic acids is 1. The van der Waals surface area contributed by atoms with E-state index >= 15 is 0 Å². The molecular weight excluding hydrogens is 408 g/mol. The van der Waals surface area contributed by atoms with Gasteiger partial charge in [-0.25, -0.2) is 19.2 Å². The van der Waals surface area contributed by atoms with E-state index in [1.54, 1.807) is 24.3 Å². The summed E-state index contributed by atoms with van der Waals surface area (Å²) >= 11 is 11.8. The van der Waals surface area contributed by atoms with E-state index in [-0.39, 0.29) is 39.6 Å². The minimum atomic E-state index is -0.822. The van der Waals surface area contributed by atoms with E-state index in [4.69, 9.17) is 38.4 Å². The Morgan fingerprint density at radius 3 is 2.68 bits per heavy atom. The Kier molecular flexibility index (Phi) is 5.96. The van der Waals surface area contributed by atoms with Gasteiger partial charge in [-0.1, -0.05) is 35.3 Å². The fourth-order valence-electron chi connectivity index (χ4n) is 2.37. The molecule has 6 nitrogen and oxygen atoms in total. The van der Waals surface area contributed by atoms with Crippen LogP contribution in [0.4, 0.5) is 10.2 Å². The first-order chi connectivity index (χ1) is 13.4. The smallest absolute Gasteiger partial charge is 0.359 e. The number of methoxy groups -OCH3 is 1. The Labute approximate surface area is 170 Å². The van der Waals surface area contributed by atoms with Crippen LogP contribution in [0.15, 0.2) is 42.5 Å². The third kappa shape index (κ3) is 4.32. The first kappa shape index (κ1) is 19.9. The summed E-state index contributed by atoms with van der Waals surface area (Å²) in [6.45, 7) is -0.0408. The molecule has 0 aliphatic rings. The number of nitrogens with two attached hydrogens (primary N) is 1. The normalized spacial score (nSPS) is 10.6.